The van der Waals surface area contributed by atoms with Gasteiger partial charge < -0.3 is 4.42 Å². The van der Waals surface area contributed by atoms with E-state index in [1.165, 1.54) is 30.9 Å². The van der Waals surface area contributed by atoms with Crippen LogP contribution in [0.15, 0.2) is 53.5 Å². The molecule has 8 heteroatoms. The van der Waals surface area contributed by atoms with E-state index in [0.29, 0.717) is 5.56 Å². The maximum Gasteiger partial charge on any atom is 0.315 e. The second kappa shape index (κ2) is 5.00. The number of hydrogen-bond donors (Lipinski definition) is 0. The van der Waals surface area contributed by atoms with Gasteiger partial charge in [-0.15, -0.1) is 0 Å². The Balaban J connectivity index is 2.00. The van der Waals surface area contributed by atoms with Crippen LogP contribution in [0.1, 0.15) is 10.6 Å². The minimum atomic E-state index is -0.503. The van der Waals surface area contributed by atoms with Crippen LogP contribution < -0.4 is 0 Å². The van der Waals surface area contributed by atoms with Crippen LogP contribution in [0.25, 0.3) is 11.3 Å². The summed E-state index contributed by atoms with van der Waals surface area (Å²) in [5, 5.41) is 14.7. The Kier molecular flexibility index (Phi) is 3.03. The van der Waals surface area contributed by atoms with Crippen LogP contribution >= 0.6 is 0 Å². The maximum absolute atomic E-state index is 12.0. The quantitative estimate of drug-likeness (QED) is 0.539. The molecule has 0 aliphatic heterocycles. The summed E-state index contributed by atoms with van der Waals surface area (Å²) >= 11 is 0. The monoisotopic (exact) mass is 284 g/mol. The lowest BCUT2D eigenvalue weighted by Gasteiger charge is -1.99. The number of rotatable bonds is 3. The summed E-state index contributed by atoms with van der Waals surface area (Å²) in [6, 6.07) is 9.09. The standard InChI is InChI=1S/C13H8N4O4/c18-13(16-8-14-7-15-16)12-6-5-11(21-12)9-3-1-2-4-10(9)17(19)20/h1-8H. The third-order valence-electron chi connectivity index (χ3n) is 2.81. The molecule has 8 nitrogen and oxygen atoms in total. The van der Waals surface area contributed by atoms with Gasteiger partial charge in [0.25, 0.3) is 5.69 Å². The first-order valence-electron chi connectivity index (χ1n) is 5.90. The van der Waals surface area contributed by atoms with Crippen LogP contribution in [0, 0.1) is 10.1 Å². The predicted octanol–water partition coefficient (Wildman–Crippen LogP) is 2.13. The van der Waals surface area contributed by atoms with Gasteiger partial charge in [-0.25, -0.2) is 4.98 Å². The molecule has 3 aromatic rings. The van der Waals surface area contributed by atoms with E-state index in [2.05, 4.69) is 10.1 Å². The highest BCUT2D eigenvalue weighted by Crippen LogP contribution is 2.30. The molecule has 3 rings (SSSR count). The second-order valence-corrected chi connectivity index (χ2v) is 4.08. The molecule has 2 aromatic heterocycles. The first-order chi connectivity index (χ1) is 10.2. The van der Waals surface area contributed by atoms with Crippen molar-refractivity contribution in [3.8, 4) is 11.3 Å². The van der Waals surface area contributed by atoms with Gasteiger partial charge in [-0.1, -0.05) is 12.1 Å². The fraction of sp³-hybridized carbons (Fsp3) is 0. The average molecular weight is 284 g/mol. The van der Waals surface area contributed by atoms with Crippen molar-refractivity contribution in [2.75, 3.05) is 0 Å². The molecule has 21 heavy (non-hydrogen) atoms. The van der Waals surface area contributed by atoms with E-state index in [0.717, 1.165) is 4.68 Å². The van der Waals surface area contributed by atoms with Crippen molar-refractivity contribution in [1.82, 2.24) is 14.8 Å². The first kappa shape index (κ1) is 12.7. The van der Waals surface area contributed by atoms with Crippen LogP contribution in [-0.4, -0.2) is 25.6 Å². The third-order valence-corrected chi connectivity index (χ3v) is 2.81. The molecule has 0 spiro atoms. The van der Waals surface area contributed by atoms with Gasteiger partial charge >= 0.3 is 5.91 Å². The summed E-state index contributed by atoms with van der Waals surface area (Å²) < 4.78 is 6.42. The van der Waals surface area contributed by atoms with Crippen molar-refractivity contribution in [3.05, 3.63) is 64.9 Å². The number of carbonyl (C=O) groups excluding carboxylic acids is 1. The number of benzene rings is 1. The molecular weight excluding hydrogens is 276 g/mol. The van der Waals surface area contributed by atoms with Crippen LogP contribution in [-0.2, 0) is 0 Å². The maximum atomic E-state index is 12.0. The van der Waals surface area contributed by atoms with Crippen LogP contribution in [0.3, 0.4) is 0 Å². The van der Waals surface area contributed by atoms with E-state index >= 15 is 0 Å². The lowest BCUT2D eigenvalue weighted by atomic mass is 10.1. The number of furan rings is 1. The topological polar surface area (TPSA) is 104 Å². The molecule has 0 N–H and O–H groups in total. The van der Waals surface area contributed by atoms with Crippen LogP contribution in [0.5, 0.6) is 0 Å². The smallest absolute Gasteiger partial charge is 0.315 e. The van der Waals surface area contributed by atoms with E-state index in [1.54, 1.807) is 18.2 Å². The highest BCUT2D eigenvalue weighted by atomic mass is 16.6. The van der Waals surface area contributed by atoms with Crippen LogP contribution in [0.4, 0.5) is 5.69 Å². The average Bonchev–Trinajstić information content (AvgIpc) is 3.18. The SMILES string of the molecule is O=C(c1ccc(-c2ccccc2[N+](=O)[O-])o1)n1cncn1. The highest BCUT2D eigenvalue weighted by molar-refractivity contribution is 5.93. The molecule has 0 saturated heterocycles. The predicted molar refractivity (Wildman–Crippen MR) is 70.5 cm³/mol. The van der Waals surface area contributed by atoms with Crippen LogP contribution in [0.2, 0.25) is 0 Å². The summed E-state index contributed by atoms with van der Waals surface area (Å²) in [5.41, 5.74) is 0.215. The number of nitro benzene ring substituents is 1. The highest BCUT2D eigenvalue weighted by Gasteiger charge is 2.20. The minimum absolute atomic E-state index is 0.0219. The van der Waals surface area contributed by atoms with Gasteiger partial charge in [0.05, 0.1) is 10.5 Å². The van der Waals surface area contributed by atoms with Crippen molar-refractivity contribution in [1.29, 1.82) is 0 Å². The Labute approximate surface area is 117 Å². The Morgan fingerprint density at radius 1 is 1.24 bits per heavy atom. The third kappa shape index (κ3) is 2.29. The first-order valence-corrected chi connectivity index (χ1v) is 5.90. The van der Waals surface area contributed by atoms with E-state index in [-0.39, 0.29) is 17.2 Å². The molecule has 0 bridgehead atoms. The fourth-order valence-electron chi connectivity index (χ4n) is 1.86. The zero-order chi connectivity index (χ0) is 14.8. The Hall–Kier alpha value is -3.29. The number of hydrogen-bond acceptors (Lipinski definition) is 6. The number of nitrogens with zero attached hydrogens (tertiary/aromatic N) is 4. The Morgan fingerprint density at radius 3 is 2.76 bits per heavy atom. The summed E-state index contributed by atoms with van der Waals surface area (Å²) in [7, 11) is 0. The van der Waals surface area contributed by atoms with E-state index < -0.39 is 10.8 Å². The van der Waals surface area contributed by atoms with Crippen molar-refractivity contribution in [2.24, 2.45) is 0 Å². The molecule has 0 aliphatic rings. The molecule has 0 radical (unpaired) electrons. The summed E-state index contributed by atoms with van der Waals surface area (Å²) in [6.07, 6.45) is 2.47. The molecule has 0 aliphatic carbocycles. The Morgan fingerprint density at radius 2 is 2.05 bits per heavy atom. The van der Waals surface area contributed by atoms with Crippen molar-refractivity contribution in [3.63, 3.8) is 0 Å². The van der Waals surface area contributed by atoms with E-state index in [9.17, 15) is 14.9 Å². The van der Waals surface area contributed by atoms with Gasteiger partial charge in [-0.3, -0.25) is 14.9 Å². The normalized spacial score (nSPS) is 10.5. The molecule has 0 atom stereocenters. The van der Waals surface area contributed by atoms with Gasteiger partial charge in [0.1, 0.15) is 18.4 Å². The zero-order valence-electron chi connectivity index (χ0n) is 10.5. The minimum Gasteiger partial charge on any atom is -0.451 e. The van der Waals surface area contributed by atoms with Gasteiger partial charge in [0.15, 0.2) is 5.76 Å². The number of para-hydroxylation sites is 1. The van der Waals surface area contributed by atoms with Gasteiger partial charge in [-0.05, 0) is 18.2 Å². The van der Waals surface area contributed by atoms with Gasteiger partial charge in [0.2, 0.25) is 0 Å². The zero-order valence-corrected chi connectivity index (χ0v) is 10.5. The molecule has 0 saturated carbocycles. The number of carbonyl (C=O) groups is 1. The van der Waals surface area contributed by atoms with Gasteiger partial charge in [0, 0.05) is 6.07 Å². The van der Waals surface area contributed by atoms with Crippen molar-refractivity contribution >= 4 is 11.6 Å². The molecule has 0 fully saturated rings. The van der Waals surface area contributed by atoms with Crippen molar-refractivity contribution < 1.29 is 14.1 Å². The molecular formula is C13H8N4O4. The summed E-state index contributed by atoms with van der Waals surface area (Å²) in [4.78, 5) is 26.2. The second-order valence-electron chi connectivity index (χ2n) is 4.08. The molecule has 1 aromatic carbocycles. The summed E-state index contributed by atoms with van der Waals surface area (Å²) in [6.45, 7) is 0. The molecule has 0 unspecified atom stereocenters. The van der Waals surface area contributed by atoms with E-state index in [1.807, 2.05) is 0 Å². The lowest BCUT2D eigenvalue weighted by molar-refractivity contribution is -0.384. The largest absolute Gasteiger partial charge is 0.451 e. The number of aromatic nitrogens is 3. The number of nitro groups is 1. The molecule has 104 valence electrons. The van der Waals surface area contributed by atoms with Crippen molar-refractivity contribution in [2.45, 2.75) is 0 Å². The van der Waals surface area contributed by atoms with Gasteiger partial charge in [-0.2, -0.15) is 9.78 Å². The fourth-order valence-corrected chi connectivity index (χ4v) is 1.86. The van der Waals surface area contributed by atoms with E-state index in [4.69, 9.17) is 4.42 Å². The molecule has 2 heterocycles. The lowest BCUT2D eigenvalue weighted by Crippen LogP contribution is -2.11. The summed E-state index contributed by atoms with van der Waals surface area (Å²) in [5.74, 6) is -0.239. The molecule has 0 amide bonds. The Bertz CT molecular complexity index is 807.